The zero-order chi connectivity index (χ0) is 10.7. The van der Waals surface area contributed by atoms with Crippen LogP contribution in [0.1, 0.15) is 26.2 Å². The van der Waals surface area contributed by atoms with Gasteiger partial charge in [0.05, 0.1) is 13.2 Å². The van der Waals surface area contributed by atoms with E-state index in [-0.39, 0.29) is 0 Å². The first-order valence-electron chi connectivity index (χ1n) is 5.82. The molecule has 2 aliphatic rings. The number of rotatable bonds is 2. The van der Waals surface area contributed by atoms with E-state index in [0.717, 1.165) is 32.8 Å². The van der Waals surface area contributed by atoms with Crippen LogP contribution in [0.2, 0.25) is 0 Å². The van der Waals surface area contributed by atoms with Crippen molar-refractivity contribution in [3.05, 3.63) is 0 Å². The molecular formula is C11H21N3O. The van der Waals surface area contributed by atoms with E-state index in [1.807, 2.05) is 0 Å². The van der Waals surface area contributed by atoms with E-state index in [4.69, 9.17) is 10.5 Å². The van der Waals surface area contributed by atoms with Gasteiger partial charge in [-0.25, -0.2) is 0 Å². The highest BCUT2D eigenvalue weighted by atomic mass is 16.5. The van der Waals surface area contributed by atoms with Crippen molar-refractivity contribution in [2.75, 3.05) is 32.8 Å². The van der Waals surface area contributed by atoms with Crippen molar-refractivity contribution in [1.29, 1.82) is 0 Å². The van der Waals surface area contributed by atoms with Crippen molar-refractivity contribution < 1.29 is 4.74 Å². The van der Waals surface area contributed by atoms with Gasteiger partial charge < -0.3 is 15.4 Å². The van der Waals surface area contributed by atoms with Gasteiger partial charge in [0.25, 0.3) is 0 Å². The fraction of sp³-hybridized carbons (Fsp3) is 0.909. The summed E-state index contributed by atoms with van der Waals surface area (Å²) >= 11 is 0. The molecule has 15 heavy (non-hydrogen) atoms. The fourth-order valence-electron chi connectivity index (χ4n) is 2.10. The highest BCUT2D eigenvalue weighted by Crippen LogP contribution is 2.40. The summed E-state index contributed by atoms with van der Waals surface area (Å²) < 4.78 is 5.28. The lowest BCUT2D eigenvalue weighted by Gasteiger charge is -2.37. The second-order valence-corrected chi connectivity index (χ2v) is 4.94. The van der Waals surface area contributed by atoms with E-state index in [1.165, 1.54) is 19.3 Å². The summed E-state index contributed by atoms with van der Waals surface area (Å²) in [5, 5.41) is 0. The minimum absolute atomic E-state index is 0.427. The molecule has 4 heteroatoms. The molecule has 0 spiro atoms. The lowest BCUT2D eigenvalue weighted by atomic mass is 9.71. The third kappa shape index (κ3) is 2.62. The molecule has 0 aromatic carbocycles. The molecule has 86 valence electrons. The maximum atomic E-state index is 5.95. The molecule has 4 nitrogen and oxygen atoms in total. The third-order valence-corrected chi connectivity index (χ3v) is 3.52. The van der Waals surface area contributed by atoms with Crippen molar-refractivity contribution >= 4 is 5.96 Å². The molecule has 0 radical (unpaired) electrons. The minimum atomic E-state index is 0.427. The number of ether oxygens (including phenoxy) is 1. The smallest absolute Gasteiger partial charge is 0.191 e. The average molecular weight is 211 g/mol. The molecule has 2 N–H and O–H groups in total. The first kappa shape index (κ1) is 10.7. The molecule has 2 fully saturated rings. The number of hydrogen-bond donors (Lipinski definition) is 1. The van der Waals surface area contributed by atoms with E-state index in [1.54, 1.807) is 0 Å². The van der Waals surface area contributed by atoms with Gasteiger partial charge in [0, 0.05) is 19.6 Å². The van der Waals surface area contributed by atoms with Crippen molar-refractivity contribution in [2.45, 2.75) is 26.2 Å². The van der Waals surface area contributed by atoms with Gasteiger partial charge in [0.15, 0.2) is 5.96 Å². The largest absolute Gasteiger partial charge is 0.378 e. The lowest BCUT2D eigenvalue weighted by Crippen LogP contribution is -2.45. The number of guanidine groups is 1. The summed E-state index contributed by atoms with van der Waals surface area (Å²) in [6.07, 6.45) is 3.95. The van der Waals surface area contributed by atoms with Crippen LogP contribution in [-0.2, 0) is 4.74 Å². The molecule has 0 aromatic heterocycles. The van der Waals surface area contributed by atoms with Crippen LogP contribution in [0.5, 0.6) is 0 Å². The fourth-order valence-corrected chi connectivity index (χ4v) is 2.10. The first-order chi connectivity index (χ1) is 7.20. The van der Waals surface area contributed by atoms with Crippen LogP contribution in [-0.4, -0.2) is 43.7 Å². The van der Waals surface area contributed by atoms with Crippen LogP contribution >= 0.6 is 0 Å². The summed E-state index contributed by atoms with van der Waals surface area (Å²) in [4.78, 5) is 6.62. The quantitative estimate of drug-likeness (QED) is 0.543. The standard InChI is InChI=1S/C11H21N3O/c1-11(3-2-4-11)9-13-10(12)14-5-7-15-8-6-14/h2-9H2,1H3,(H2,12,13). The van der Waals surface area contributed by atoms with E-state index in [9.17, 15) is 0 Å². The maximum absolute atomic E-state index is 5.95. The number of aliphatic imine (C=N–C) groups is 1. The van der Waals surface area contributed by atoms with Crippen LogP contribution in [0, 0.1) is 5.41 Å². The highest BCUT2D eigenvalue weighted by molar-refractivity contribution is 5.78. The molecule has 2 rings (SSSR count). The number of nitrogens with zero attached hydrogens (tertiary/aromatic N) is 2. The van der Waals surface area contributed by atoms with Gasteiger partial charge in [-0.2, -0.15) is 0 Å². The molecule has 0 bridgehead atoms. The van der Waals surface area contributed by atoms with E-state index in [0.29, 0.717) is 11.4 Å². The predicted molar refractivity (Wildman–Crippen MR) is 60.8 cm³/mol. The maximum Gasteiger partial charge on any atom is 0.191 e. The van der Waals surface area contributed by atoms with Crippen LogP contribution in [0.3, 0.4) is 0 Å². The Hall–Kier alpha value is -0.770. The molecule has 0 unspecified atom stereocenters. The van der Waals surface area contributed by atoms with E-state index < -0.39 is 0 Å². The number of nitrogens with two attached hydrogens (primary N) is 1. The monoisotopic (exact) mass is 211 g/mol. The lowest BCUT2D eigenvalue weighted by molar-refractivity contribution is 0.0671. The van der Waals surface area contributed by atoms with Crippen molar-refractivity contribution in [3.63, 3.8) is 0 Å². The zero-order valence-electron chi connectivity index (χ0n) is 9.54. The third-order valence-electron chi connectivity index (χ3n) is 3.52. The Kier molecular flexibility index (Phi) is 3.14. The molecule has 0 atom stereocenters. The van der Waals surface area contributed by atoms with Gasteiger partial charge in [-0.05, 0) is 18.3 Å². The number of hydrogen-bond acceptors (Lipinski definition) is 2. The first-order valence-corrected chi connectivity index (χ1v) is 5.82. The Morgan fingerprint density at radius 3 is 2.60 bits per heavy atom. The molecule has 0 aromatic rings. The molecule has 1 saturated heterocycles. The summed E-state index contributed by atoms with van der Waals surface area (Å²) in [5.41, 5.74) is 6.38. The Morgan fingerprint density at radius 2 is 2.07 bits per heavy atom. The Balaban J connectivity index is 1.82. The molecule has 1 aliphatic carbocycles. The molecule has 1 heterocycles. The van der Waals surface area contributed by atoms with Gasteiger partial charge in [-0.1, -0.05) is 13.3 Å². The Morgan fingerprint density at radius 1 is 1.40 bits per heavy atom. The molecule has 1 saturated carbocycles. The highest BCUT2D eigenvalue weighted by Gasteiger charge is 2.31. The van der Waals surface area contributed by atoms with E-state index in [2.05, 4.69) is 16.8 Å². The summed E-state index contributed by atoms with van der Waals surface area (Å²) in [6.45, 7) is 6.49. The van der Waals surface area contributed by atoms with Gasteiger partial charge in [0.1, 0.15) is 0 Å². The van der Waals surface area contributed by atoms with Crippen molar-refractivity contribution in [2.24, 2.45) is 16.1 Å². The normalized spacial score (nSPS) is 26.2. The van der Waals surface area contributed by atoms with E-state index >= 15 is 0 Å². The average Bonchev–Trinajstić information content (AvgIpc) is 2.24. The van der Waals surface area contributed by atoms with Crippen molar-refractivity contribution in [1.82, 2.24) is 4.90 Å². The number of morpholine rings is 1. The van der Waals surface area contributed by atoms with Crippen LogP contribution in [0.15, 0.2) is 4.99 Å². The Labute approximate surface area is 91.5 Å². The molecular weight excluding hydrogens is 190 g/mol. The predicted octanol–water partition coefficient (Wildman–Crippen LogP) is 0.823. The van der Waals surface area contributed by atoms with Gasteiger partial charge >= 0.3 is 0 Å². The van der Waals surface area contributed by atoms with Gasteiger partial charge in [-0.15, -0.1) is 0 Å². The van der Waals surface area contributed by atoms with Crippen LogP contribution in [0.4, 0.5) is 0 Å². The molecule has 0 amide bonds. The zero-order valence-corrected chi connectivity index (χ0v) is 9.54. The summed E-state index contributed by atoms with van der Waals surface area (Å²) in [6, 6.07) is 0. The van der Waals surface area contributed by atoms with Gasteiger partial charge in [-0.3, -0.25) is 4.99 Å². The summed E-state index contributed by atoms with van der Waals surface area (Å²) in [5.74, 6) is 0.700. The SMILES string of the molecule is CC1(CN=C(N)N2CCOCC2)CCC1. The van der Waals surface area contributed by atoms with Crippen molar-refractivity contribution in [3.8, 4) is 0 Å². The Bertz CT molecular complexity index is 242. The minimum Gasteiger partial charge on any atom is -0.378 e. The van der Waals surface area contributed by atoms with Gasteiger partial charge in [0.2, 0.25) is 0 Å². The van der Waals surface area contributed by atoms with Crippen LogP contribution < -0.4 is 5.73 Å². The second kappa shape index (κ2) is 4.39. The topological polar surface area (TPSA) is 50.8 Å². The summed E-state index contributed by atoms with van der Waals surface area (Å²) in [7, 11) is 0. The second-order valence-electron chi connectivity index (χ2n) is 4.94. The van der Waals surface area contributed by atoms with Crippen LogP contribution in [0.25, 0.3) is 0 Å². The molecule has 1 aliphatic heterocycles.